The Bertz CT molecular complexity index is 408. The molecule has 4 nitrogen and oxygen atoms in total. The number of rotatable bonds is 1. The molecule has 1 atom stereocenters. The van der Waals surface area contributed by atoms with Crippen molar-refractivity contribution in [1.82, 2.24) is 4.98 Å². The van der Waals surface area contributed by atoms with E-state index in [2.05, 4.69) is 17.6 Å². The van der Waals surface area contributed by atoms with Gasteiger partial charge in [-0.05, 0) is 19.1 Å². The third-order valence-corrected chi connectivity index (χ3v) is 2.78. The van der Waals surface area contributed by atoms with Crippen LogP contribution in [-0.4, -0.2) is 22.7 Å². The number of pyridine rings is 1. The third kappa shape index (κ3) is 1.92. The van der Waals surface area contributed by atoms with Crippen LogP contribution >= 0.6 is 12.6 Å². The van der Waals surface area contributed by atoms with Crippen molar-refractivity contribution < 1.29 is 4.79 Å². The van der Waals surface area contributed by atoms with Gasteiger partial charge in [-0.25, -0.2) is 4.98 Å². The van der Waals surface area contributed by atoms with Crippen LogP contribution < -0.4 is 10.6 Å². The molecule has 1 fully saturated rings. The predicted octanol–water partition coefficient (Wildman–Crippen LogP) is 1.01. The Balaban J connectivity index is 2.34. The maximum atomic E-state index is 11.6. The van der Waals surface area contributed by atoms with Crippen molar-refractivity contribution in [2.75, 3.05) is 17.2 Å². The van der Waals surface area contributed by atoms with Crippen LogP contribution in [0.15, 0.2) is 12.1 Å². The van der Waals surface area contributed by atoms with Crippen LogP contribution in [0.25, 0.3) is 0 Å². The zero-order valence-electron chi connectivity index (χ0n) is 8.47. The lowest BCUT2D eigenvalue weighted by molar-refractivity contribution is -0.117. The average molecular weight is 223 g/mol. The van der Waals surface area contributed by atoms with Crippen molar-refractivity contribution in [2.45, 2.75) is 18.6 Å². The highest BCUT2D eigenvalue weighted by Crippen LogP contribution is 2.27. The van der Waals surface area contributed by atoms with Gasteiger partial charge in [0.2, 0.25) is 5.91 Å². The molecule has 0 aliphatic carbocycles. The van der Waals surface area contributed by atoms with Crippen molar-refractivity contribution in [3.05, 3.63) is 17.8 Å². The van der Waals surface area contributed by atoms with Gasteiger partial charge in [0.15, 0.2) is 0 Å². The van der Waals surface area contributed by atoms with E-state index in [-0.39, 0.29) is 11.2 Å². The number of nitrogens with zero attached hydrogens (tertiary/aromatic N) is 2. The Morgan fingerprint density at radius 3 is 2.87 bits per heavy atom. The van der Waals surface area contributed by atoms with Gasteiger partial charge in [-0.15, -0.1) is 0 Å². The number of nitrogen functional groups attached to an aromatic ring is 1. The van der Waals surface area contributed by atoms with E-state index in [4.69, 9.17) is 5.73 Å². The van der Waals surface area contributed by atoms with Crippen molar-refractivity contribution in [3.63, 3.8) is 0 Å². The summed E-state index contributed by atoms with van der Waals surface area (Å²) >= 11 is 4.29. The van der Waals surface area contributed by atoms with Crippen LogP contribution in [0.3, 0.4) is 0 Å². The maximum absolute atomic E-state index is 11.6. The van der Waals surface area contributed by atoms with E-state index in [9.17, 15) is 4.79 Å². The first-order valence-corrected chi connectivity index (χ1v) is 5.31. The van der Waals surface area contributed by atoms with Gasteiger partial charge >= 0.3 is 0 Å². The van der Waals surface area contributed by atoms with E-state index >= 15 is 0 Å². The number of hydrogen-bond acceptors (Lipinski definition) is 4. The largest absolute Gasteiger partial charge is 0.382 e. The fourth-order valence-electron chi connectivity index (χ4n) is 1.72. The molecule has 1 aromatic rings. The van der Waals surface area contributed by atoms with E-state index in [0.717, 1.165) is 5.69 Å². The van der Waals surface area contributed by atoms with Crippen LogP contribution in [-0.2, 0) is 4.79 Å². The first-order chi connectivity index (χ1) is 7.08. The molecule has 2 rings (SSSR count). The number of carbonyl (C=O) groups is 1. The molecule has 5 heteroatoms. The number of thiol groups is 1. The van der Waals surface area contributed by atoms with E-state index < -0.39 is 0 Å². The van der Waals surface area contributed by atoms with Gasteiger partial charge < -0.3 is 10.6 Å². The quantitative estimate of drug-likeness (QED) is 0.698. The summed E-state index contributed by atoms with van der Waals surface area (Å²) in [6, 6.07) is 3.69. The fraction of sp³-hybridized carbons (Fsp3) is 0.400. The zero-order valence-corrected chi connectivity index (χ0v) is 9.37. The summed E-state index contributed by atoms with van der Waals surface area (Å²) in [5, 5.41) is 0.0956. The summed E-state index contributed by atoms with van der Waals surface area (Å²) in [5.41, 5.74) is 7.33. The number of aryl methyl sites for hydroxylation is 1. The van der Waals surface area contributed by atoms with Gasteiger partial charge in [0.25, 0.3) is 0 Å². The lowest BCUT2D eigenvalue weighted by Gasteiger charge is -2.17. The summed E-state index contributed by atoms with van der Waals surface area (Å²) in [6.07, 6.45) is 0.469. The first kappa shape index (κ1) is 10.3. The summed E-state index contributed by atoms with van der Waals surface area (Å²) in [5.74, 6) is 0.470. The molecule has 0 spiro atoms. The molecule has 2 N–H and O–H groups in total. The molecule has 1 saturated heterocycles. The number of aromatic nitrogens is 1. The second-order valence-corrected chi connectivity index (χ2v) is 4.45. The Labute approximate surface area is 93.9 Å². The predicted molar refractivity (Wildman–Crippen MR) is 63.1 cm³/mol. The van der Waals surface area contributed by atoms with Crippen LogP contribution in [0.5, 0.6) is 0 Å². The highest BCUT2D eigenvalue weighted by atomic mass is 32.1. The molecule has 1 aliphatic rings. The molecule has 0 saturated carbocycles. The minimum Gasteiger partial charge on any atom is -0.382 e. The molecule has 0 bridgehead atoms. The molecule has 0 radical (unpaired) electrons. The van der Waals surface area contributed by atoms with Gasteiger partial charge in [-0.1, -0.05) is 0 Å². The van der Waals surface area contributed by atoms with Crippen LogP contribution in [0, 0.1) is 6.92 Å². The van der Waals surface area contributed by atoms with Crippen LogP contribution in [0.4, 0.5) is 11.5 Å². The Morgan fingerprint density at radius 1 is 1.60 bits per heavy atom. The lowest BCUT2D eigenvalue weighted by Crippen LogP contribution is -2.25. The highest BCUT2D eigenvalue weighted by molar-refractivity contribution is 7.81. The highest BCUT2D eigenvalue weighted by Gasteiger charge is 2.29. The van der Waals surface area contributed by atoms with Gasteiger partial charge in [0, 0.05) is 23.9 Å². The molecular weight excluding hydrogens is 210 g/mol. The minimum atomic E-state index is 0.0624. The Morgan fingerprint density at radius 2 is 2.33 bits per heavy atom. The molecule has 80 valence electrons. The van der Waals surface area contributed by atoms with Crippen LogP contribution in [0.1, 0.15) is 12.1 Å². The zero-order chi connectivity index (χ0) is 11.0. The Kier molecular flexibility index (Phi) is 2.56. The summed E-state index contributed by atoms with van der Waals surface area (Å²) in [4.78, 5) is 17.4. The number of carbonyl (C=O) groups excluding carboxylic acids is 1. The first-order valence-electron chi connectivity index (χ1n) is 4.79. The average Bonchev–Trinajstić information content (AvgIpc) is 2.45. The molecule has 15 heavy (non-hydrogen) atoms. The Hall–Kier alpha value is -1.23. The van der Waals surface area contributed by atoms with Crippen LogP contribution in [0.2, 0.25) is 0 Å². The number of hydrogen-bond donors (Lipinski definition) is 2. The fourth-order valence-corrected chi connectivity index (χ4v) is 2.04. The van der Waals surface area contributed by atoms with E-state index in [1.807, 2.05) is 19.1 Å². The lowest BCUT2D eigenvalue weighted by atomic mass is 10.3. The SMILES string of the molecule is Cc1ccc(N2CC(S)CC2=O)c(N)n1. The van der Waals surface area contributed by atoms with Gasteiger partial charge in [-0.3, -0.25) is 4.79 Å². The second kappa shape index (κ2) is 3.73. The monoisotopic (exact) mass is 223 g/mol. The smallest absolute Gasteiger partial charge is 0.228 e. The van der Waals surface area contributed by atoms with Crippen molar-refractivity contribution in [3.8, 4) is 0 Å². The summed E-state index contributed by atoms with van der Waals surface area (Å²) < 4.78 is 0. The third-order valence-electron chi connectivity index (χ3n) is 2.44. The molecule has 1 amide bonds. The molecular formula is C10H13N3OS. The summed E-state index contributed by atoms with van der Waals surface area (Å²) in [7, 11) is 0. The molecule has 1 aliphatic heterocycles. The van der Waals surface area contributed by atoms with E-state index in [1.54, 1.807) is 4.90 Å². The van der Waals surface area contributed by atoms with E-state index in [0.29, 0.717) is 24.5 Å². The maximum Gasteiger partial charge on any atom is 0.228 e. The van der Waals surface area contributed by atoms with Crippen molar-refractivity contribution in [1.29, 1.82) is 0 Å². The second-order valence-electron chi connectivity index (χ2n) is 3.72. The minimum absolute atomic E-state index is 0.0624. The van der Waals surface area contributed by atoms with Crippen molar-refractivity contribution in [2.24, 2.45) is 0 Å². The van der Waals surface area contributed by atoms with Crippen molar-refractivity contribution >= 4 is 30.0 Å². The number of anilines is 2. The number of nitrogens with two attached hydrogens (primary N) is 1. The molecule has 1 aromatic heterocycles. The molecule has 0 aromatic carbocycles. The topological polar surface area (TPSA) is 59.2 Å². The standard InChI is InChI=1S/C10H13N3OS/c1-6-2-3-8(10(11)12-6)13-5-7(15)4-9(13)14/h2-3,7,15H,4-5H2,1H3,(H2,11,12). The van der Waals surface area contributed by atoms with Gasteiger partial charge in [0.05, 0.1) is 5.69 Å². The van der Waals surface area contributed by atoms with Gasteiger partial charge in [0.1, 0.15) is 5.82 Å². The normalized spacial score (nSPS) is 21.1. The summed E-state index contributed by atoms with van der Waals surface area (Å²) in [6.45, 7) is 2.48. The number of amides is 1. The molecule has 2 heterocycles. The van der Waals surface area contributed by atoms with E-state index in [1.165, 1.54) is 0 Å². The van der Waals surface area contributed by atoms with Gasteiger partial charge in [-0.2, -0.15) is 12.6 Å². The molecule has 1 unspecified atom stereocenters.